The molecule has 0 amide bonds. The molecular formula is C14H19N3S. The molecule has 4 heteroatoms. The molecule has 1 aromatic heterocycles. The maximum absolute atomic E-state index is 6.02. The summed E-state index contributed by atoms with van der Waals surface area (Å²) >= 11 is 1.74. The molecule has 3 nitrogen and oxygen atoms in total. The molecule has 0 aliphatic carbocycles. The Kier molecular flexibility index (Phi) is 3.66. The van der Waals surface area contributed by atoms with Crippen LogP contribution in [0, 0.1) is 20.8 Å². The highest BCUT2D eigenvalue weighted by molar-refractivity contribution is 7.98. The average molecular weight is 261 g/mol. The third-order valence-electron chi connectivity index (χ3n) is 2.87. The Balaban J connectivity index is 2.16. The van der Waals surface area contributed by atoms with Crippen molar-refractivity contribution in [2.24, 2.45) is 7.05 Å². The minimum absolute atomic E-state index is 0.798. The molecule has 0 saturated heterocycles. The highest BCUT2D eigenvalue weighted by atomic mass is 32.2. The zero-order valence-electron chi connectivity index (χ0n) is 11.3. The second-order valence-electron chi connectivity index (χ2n) is 4.71. The summed E-state index contributed by atoms with van der Waals surface area (Å²) in [5.74, 6) is 0.922. The van der Waals surface area contributed by atoms with Crippen LogP contribution >= 0.6 is 11.8 Å². The van der Waals surface area contributed by atoms with Gasteiger partial charge in [0.25, 0.3) is 0 Å². The van der Waals surface area contributed by atoms with Gasteiger partial charge in [-0.2, -0.15) is 5.10 Å². The van der Waals surface area contributed by atoms with E-state index in [2.05, 4.69) is 37.1 Å². The van der Waals surface area contributed by atoms with E-state index in [1.165, 1.54) is 16.7 Å². The summed E-state index contributed by atoms with van der Waals surface area (Å²) in [7, 11) is 1.94. The summed E-state index contributed by atoms with van der Waals surface area (Å²) in [6.07, 6.45) is 0. The molecule has 1 aromatic carbocycles. The molecule has 0 bridgehead atoms. The van der Waals surface area contributed by atoms with Crippen molar-refractivity contribution in [1.29, 1.82) is 0 Å². The molecule has 0 spiro atoms. The highest BCUT2D eigenvalue weighted by Crippen LogP contribution is 2.30. The van der Waals surface area contributed by atoms with Crippen molar-refractivity contribution in [3.63, 3.8) is 0 Å². The van der Waals surface area contributed by atoms with Gasteiger partial charge < -0.3 is 5.73 Å². The quantitative estimate of drug-likeness (QED) is 0.863. The minimum atomic E-state index is 0.798. The molecule has 96 valence electrons. The van der Waals surface area contributed by atoms with E-state index in [1.54, 1.807) is 11.8 Å². The SMILES string of the molecule is Cc1cc(C)cc(CSc2c(N)c(C)nn2C)c1. The van der Waals surface area contributed by atoms with Crippen LogP contribution in [0.2, 0.25) is 0 Å². The van der Waals surface area contributed by atoms with Crippen LogP contribution in [-0.4, -0.2) is 9.78 Å². The average Bonchev–Trinajstić information content (AvgIpc) is 2.50. The number of hydrogen-bond acceptors (Lipinski definition) is 3. The van der Waals surface area contributed by atoms with Crippen LogP contribution in [0.1, 0.15) is 22.4 Å². The first-order valence-corrected chi connectivity index (χ1v) is 6.95. The number of thioether (sulfide) groups is 1. The molecule has 1 heterocycles. The van der Waals surface area contributed by atoms with Crippen molar-refractivity contribution in [2.75, 3.05) is 5.73 Å². The van der Waals surface area contributed by atoms with Crippen molar-refractivity contribution in [2.45, 2.75) is 31.6 Å². The van der Waals surface area contributed by atoms with Gasteiger partial charge >= 0.3 is 0 Å². The molecule has 0 saturated carbocycles. The lowest BCUT2D eigenvalue weighted by atomic mass is 10.1. The predicted octanol–water partition coefficient (Wildman–Crippen LogP) is 3.22. The zero-order valence-corrected chi connectivity index (χ0v) is 12.1. The second-order valence-corrected chi connectivity index (χ2v) is 5.68. The van der Waals surface area contributed by atoms with Crippen LogP contribution in [-0.2, 0) is 12.8 Å². The van der Waals surface area contributed by atoms with Crippen molar-refractivity contribution < 1.29 is 0 Å². The smallest absolute Gasteiger partial charge is 0.117 e. The fourth-order valence-electron chi connectivity index (χ4n) is 2.13. The number of anilines is 1. The van der Waals surface area contributed by atoms with E-state index in [-0.39, 0.29) is 0 Å². The van der Waals surface area contributed by atoms with Gasteiger partial charge in [0.2, 0.25) is 0 Å². The fraction of sp³-hybridized carbons (Fsp3) is 0.357. The molecule has 2 aromatic rings. The fourth-order valence-corrected chi connectivity index (χ4v) is 3.13. The molecule has 18 heavy (non-hydrogen) atoms. The van der Waals surface area contributed by atoms with Crippen LogP contribution in [0.3, 0.4) is 0 Å². The Morgan fingerprint density at radius 3 is 2.28 bits per heavy atom. The summed E-state index contributed by atoms with van der Waals surface area (Å²) in [5.41, 5.74) is 11.7. The molecular weight excluding hydrogens is 242 g/mol. The molecule has 2 N–H and O–H groups in total. The Morgan fingerprint density at radius 1 is 1.17 bits per heavy atom. The van der Waals surface area contributed by atoms with Crippen LogP contribution in [0.15, 0.2) is 23.2 Å². The number of aryl methyl sites for hydroxylation is 4. The molecule has 2 rings (SSSR count). The topological polar surface area (TPSA) is 43.8 Å². The molecule has 0 atom stereocenters. The number of nitrogen functional groups attached to an aromatic ring is 1. The van der Waals surface area contributed by atoms with Gasteiger partial charge in [0.05, 0.1) is 11.4 Å². The number of aromatic nitrogens is 2. The summed E-state index contributed by atoms with van der Waals surface area (Å²) in [6, 6.07) is 6.63. The highest BCUT2D eigenvalue weighted by Gasteiger charge is 2.10. The molecule has 0 radical (unpaired) electrons. The maximum atomic E-state index is 6.02. The minimum Gasteiger partial charge on any atom is -0.395 e. The molecule has 0 fully saturated rings. The lowest BCUT2D eigenvalue weighted by Crippen LogP contribution is -1.95. The van der Waals surface area contributed by atoms with Crippen LogP contribution in [0.25, 0.3) is 0 Å². The van der Waals surface area contributed by atoms with Crippen molar-refractivity contribution in [1.82, 2.24) is 9.78 Å². The van der Waals surface area contributed by atoms with Gasteiger partial charge in [0, 0.05) is 12.8 Å². The Morgan fingerprint density at radius 2 is 1.78 bits per heavy atom. The van der Waals surface area contributed by atoms with Gasteiger partial charge in [-0.25, -0.2) is 0 Å². The summed E-state index contributed by atoms with van der Waals surface area (Å²) < 4.78 is 1.86. The molecule has 0 aliphatic rings. The van der Waals surface area contributed by atoms with E-state index in [9.17, 15) is 0 Å². The van der Waals surface area contributed by atoms with Crippen LogP contribution < -0.4 is 5.73 Å². The Hall–Kier alpha value is -1.42. The normalized spacial score (nSPS) is 10.9. The van der Waals surface area contributed by atoms with Gasteiger partial charge in [0.15, 0.2) is 0 Å². The first kappa shape index (κ1) is 13.0. The standard InChI is InChI=1S/C14H19N3S/c1-9-5-10(2)7-12(6-9)8-18-14-13(15)11(3)16-17(14)4/h5-7H,8,15H2,1-4H3. The molecule has 0 unspecified atom stereocenters. The van der Waals surface area contributed by atoms with Gasteiger partial charge in [-0.05, 0) is 26.3 Å². The number of rotatable bonds is 3. The van der Waals surface area contributed by atoms with E-state index in [4.69, 9.17) is 5.73 Å². The van der Waals surface area contributed by atoms with Crippen molar-refractivity contribution in [3.05, 3.63) is 40.6 Å². The summed E-state index contributed by atoms with van der Waals surface area (Å²) in [6.45, 7) is 6.20. The third-order valence-corrected chi connectivity index (χ3v) is 4.11. The van der Waals surface area contributed by atoms with E-state index >= 15 is 0 Å². The Bertz CT molecular complexity index is 552. The summed E-state index contributed by atoms with van der Waals surface area (Å²) in [4.78, 5) is 0. The lowest BCUT2D eigenvalue weighted by Gasteiger charge is -2.06. The molecule has 0 aliphatic heterocycles. The van der Waals surface area contributed by atoms with E-state index in [0.29, 0.717) is 0 Å². The maximum Gasteiger partial charge on any atom is 0.117 e. The predicted molar refractivity (Wildman–Crippen MR) is 77.8 cm³/mol. The monoisotopic (exact) mass is 261 g/mol. The third kappa shape index (κ3) is 2.70. The first-order valence-electron chi connectivity index (χ1n) is 5.96. The largest absolute Gasteiger partial charge is 0.395 e. The van der Waals surface area contributed by atoms with E-state index in [1.807, 2.05) is 18.7 Å². The van der Waals surface area contributed by atoms with Crippen molar-refractivity contribution >= 4 is 17.4 Å². The lowest BCUT2D eigenvalue weighted by molar-refractivity contribution is 0.693. The van der Waals surface area contributed by atoms with Gasteiger partial charge in [-0.3, -0.25) is 4.68 Å². The first-order chi connectivity index (χ1) is 8.47. The number of hydrogen-bond donors (Lipinski definition) is 1. The van der Waals surface area contributed by atoms with Gasteiger partial charge in [-0.15, -0.1) is 0 Å². The second kappa shape index (κ2) is 5.06. The van der Waals surface area contributed by atoms with Crippen molar-refractivity contribution in [3.8, 4) is 0 Å². The zero-order chi connectivity index (χ0) is 13.3. The number of nitrogens with zero attached hydrogens (tertiary/aromatic N) is 2. The van der Waals surface area contributed by atoms with E-state index in [0.717, 1.165) is 22.2 Å². The van der Waals surface area contributed by atoms with Gasteiger partial charge in [0.1, 0.15) is 5.03 Å². The van der Waals surface area contributed by atoms with E-state index < -0.39 is 0 Å². The van der Waals surface area contributed by atoms with Crippen LogP contribution in [0.4, 0.5) is 5.69 Å². The Labute approximate surface area is 112 Å². The number of nitrogens with two attached hydrogens (primary N) is 1. The van der Waals surface area contributed by atoms with Gasteiger partial charge in [-0.1, -0.05) is 41.1 Å². The number of benzene rings is 1. The summed E-state index contributed by atoms with van der Waals surface area (Å²) in [5, 5.41) is 5.38. The van der Waals surface area contributed by atoms with Crippen LogP contribution in [0.5, 0.6) is 0 Å².